The van der Waals surface area contributed by atoms with Gasteiger partial charge in [-0.15, -0.1) is 0 Å². The number of halogens is 3. The summed E-state index contributed by atoms with van der Waals surface area (Å²) in [6.45, 7) is 6.63. The topological polar surface area (TPSA) is 57.6 Å². The summed E-state index contributed by atoms with van der Waals surface area (Å²) < 4.78 is 38.5. The van der Waals surface area contributed by atoms with Gasteiger partial charge in [0.25, 0.3) is 5.91 Å². The molecule has 1 fully saturated rings. The second-order valence-electron chi connectivity index (χ2n) is 7.69. The van der Waals surface area contributed by atoms with E-state index in [1.165, 1.54) is 6.21 Å². The normalized spacial score (nSPS) is 16.9. The van der Waals surface area contributed by atoms with Gasteiger partial charge in [0.15, 0.2) is 0 Å². The number of amides is 1. The lowest BCUT2D eigenvalue weighted by molar-refractivity contribution is -0.0918. The van der Waals surface area contributed by atoms with Gasteiger partial charge in [-0.3, -0.25) is 19.7 Å². The first-order chi connectivity index (χ1) is 15.3. The quantitative estimate of drug-likeness (QED) is 0.618. The van der Waals surface area contributed by atoms with Gasteiger partial charge in [0.05, 0.1) is 11.6 Å². The number of allylic oxidation sites excluding steroid dienone is 2. The highest BCUT2D eigenvalue weighted by Gasteiger charge is 2.32. The molecule has 8 heteroatoms. The van der Waals surface area contributed by atoms with Gasteiger partial charge in [-0.2, -0.15) is 13.2 Å². The van der Waals surface area contributed by atoms with Crippen LogP contribution in [0, 0.1) is 0 Å². The van der Waals surface area contributed by atoms with Crippen LogP contribution >= 0.6 is 0 Å². The van der Waals surface area contributed by atoms with E-state index in [4.69, 9.17) is 0 Å². The summed E-state index contributed by atoms with van der Waals surface area (Å²) in [4.78, 5) is 23.0. The van der Waals surface area contributed by atoms with Crippen LogP contribution in [0.1, 0.15) is 36.5 Å². The van der Waals surface area contributed by atoms with Crippen molar-refractivity contribution in [1.29, 1.82) is 0 Å². The maximum absolute atomic E-state index is 13.0. The third kappa shape index (κ3) is 5.82. The first kappa shape index (κ1) is 23.7. The molecule has 0 bridgehead atoms. The molecule has 2 heterocycles. The summed E-state index contributed by atoms with van der Waals surface area (Å²) in [5.41, 5.74) is 0.688. The second kappa shape index (κ2) is 10.5. The number of likely N-dealkylation sites (tertiary alicyclic amines) is 1. The van der Waals surface area contributed by atoms with Gasteiger partial charge < -0.3 is 5.32 Å². The number of hydrogen-bond acceptors (Lipinski definition) is 4. The molecular weight excluding hydrogens is 417 g/mol. The van der Waals surface area contributed by atoms with Crippen molar-refractivity contribution in [3.8, 4) is 0 Å². The molecular formula is C24H27F3N4O. The Morgan fingerprint density at radius 3 is 2.69 bits per heavy atom. The highest BCUT2D eigenvalue weighted by Crippen LogP contribution is 2.25. The molecule has 1 amide bonds. The minimum atomic E-state index is -4.58. The Morgan fingerprint density at radius 1 is 1.25 bits per heavy atom. The number of fused-ring (bicyclic) bond motifs is 1. The van der Waals surface area contributed by atoms with Gasteiger partial charge in [0.1, 0.15) is 5.70 Å². The standard InChI is InChI=1S/C24H27F3N4O/c1-3-18(15-29-17(2)24(25,26)27)22(31-13-5-4-6-14-31)16-30-23(32)20-9-7-11-21-19(20)10-8-12-28-21/h3,7-12,15,22H,2,4-6,13-14,16H2,1H3,(H,30,32)/b18-3+,29-15-. The number of hydrogen-bond donors (Lipinski definition) is 1. The van der Waals surface area contributed by atoms with E-state index in [2.05, 4.69) is 26.8 Å². The predicted molar refractivity (Wildman–Crippen MR) is 121 cm³/mol. The highest BCUT2D eigenvalue weighted by molar-refractivity contribution is 6.06. The Labute approximate surface area is 185 Å². The fourth-order valence-electron chi connectivity index (χ4n) is 3.85. The van der Waals surface area contributed by atoms with Gasteiger partial charge in [0.2, 0.25) is 0 Å². The smallest absolute Gasteiger partial charge is 0.350 e. The number of nitrogens with one attached hydrogen (secondary N) is 1. The molecule has 1 aromatic heterocycles. The minimum absolute atomic E-state index is 0.250. The lowest BCUT2D eigenvalue weighted by Crippen LogP contribution is -2.47. The third-order valence-corrected chi connectivity index (χ3v) is 5.59. The van der Waals surface area contributed by atoms with Gasteiger partial charge in [0, 0.05) is 29.9 Å². The summed E-state index contributed by atoms with van der Waals surface area (Å²) in [6.07, 6.45) is 3.16. The molecule has 0 saturated carbocycles. The number of aromatic nitrogens is 1. The van der Waals surface area contributed by atoms with Crippen LogP contribution in [0.15, 0.2) is 65.4 Å². The Hall–Kier alpha value is -3.00. The second-order valence-corrected chi connectivity index (χ2v) is 7.69. The molecule has 1 aliphatic heterocycles. The molecule has 0 aliphatic carbocycles. The van der Waals surface area contributed by atoms with Gasteiger partial charge in [-0.1, -0.05) is 31.2 Å². The molecule has 1 saturated heterocycles. The molecule has 1 aromatic carbocycles. The predicted octanol–water partition coefficient (Wildman–Crippen LogP) is 4.91. The van der Waals surface area contributed by atoms with E-state index in [0.717, 1.165) is 43.3 Å². The number of carbonyl (C=O) groups excluding carboxylic acids is 1. The Morgan fingerprint density at radius 2 is 2.00 bits per heavy atom. The third-order valence-electron chi connectivity index (χ3n) is 5.59. The van der Waals surface area contributed by atoms with Gasteiger partial charge in [-0.05, 0) is 56.6 Å². The van der Waals surface area contributed by atoms with Crippen molar-refractivity contribution >= 4 is 23.0 Å². The number of benzene rings is 1. The lowest BCUT2D eigenvalue weighted by Gasteiger charge is -2.35. The van der Waals surface area contributed by atoms with E-state index in [0.29, 0.717) is 11.1 Å². The summed E-state index contributed by atoms with van der Waals surface area (Å²) in [7, 11) is 0. The highest BCUT2D eigenvalue weighted by atomic mass is 19.4. The molecule has 1 unspecified atom stereocenters. The molecule has 1 N–H and O–H groups in total. The lowest BCUT2D eigenvalue weighted by atomic mass is 10.0. The van der Waals surface area contributed by atoms with Gasteiger partial charge in [-0.25, -0.2) is 0 Å². The fourth-order valence-corrected chi connectivity index (χ4v) is 3.85. The monoisotopic (exact) mass is 444 g/mol. The number of piperidine rings is 1. The first-order valence-corrected chi connectivity index (χ1v) is 10.6. The number of rotatable bonds is 7. The molecule has 0 spiro atoms. The molecule has 0 radical (unpaired) electrons. The van der Waals surface area contributed by atoms with E-state index in [-0.39, 0.29) is 18.5 Å². The number of aliphatic imine (C=N–C) groups is 1. The Balaban J connectivity index is 1.80. The van der Waals surface area contributed by atoms with Crippen molar-refractivity contribution in [3.05, 3.63) is 66.0 Å². The zero-order chi connectivity index (χ0) is 23.1. The molecule has 1 aliphatic rings. The van der Waals surface area contributed by atoms with E-state index in [1.54, 1.807) is 37.4 Å². The molecule has 170 valence electrons. The molecule has 32 heavy (non-hydrogen) atoms. The van der Waals surface area contributed by atoms with Crippen molar-refractivity contribution in [1.82, 2.24) is 15.2 Å². The maximum Gasteiger partial charge on any atom is 0.432 e. The zero-order valence-electron chi connectivity index (χ0n) is 18.0. The van der Waals surface area contributed by atoms with Crippen molar-refractivity contribution in [3.63, 3.8) is 0 Å². The van der Waals surface area contributed by atoms with E-state index in [9.17, 15) is 18.0 Å². The number of alkyl halides is 3. The fraction of sp³-hybridized carbons (Fsp3) is 0.375. The van der Waals surface area contributed by atoms with Crippen molar-refractivity contribution in [2.75, 3.05) is 19.6 Å². The number of pyridine rings is 1. The van der Waals surface area contributed by atoms with Crippen LogP contribution in [-0.2, 0) is 0 Å². The average Bonchev–Trinajstić information content (AvgIpc) is 2.80. The van der Waals surface area contributed by atoms with Crippen LogP contribution in [0.5, 0.6) is 0 Å². The maximum atomic E-state index is 13.0. The van der Waals surface area contributed by atoms with Crippen LogP contribution in [0.2, 0.25) is 0 Å². The molecule has 2 aromatic rings. The Bertz CT molecular complexity index is 1020. The van der Waals surface area contributed by atoms with Crippen LogP contribution in [0.3, 0.4) is 0 Å². The van der Waals surface area contributed by atoms with Crippen molar-refractivity contribution in [2.45, 2.75) is 38.4 Å². The molecule has 5 nitrogen and oxygen atoms in total. The number of carbonyl (C=O) groups is 1. The Kier molecular flexibility index (Phi) is 7.80. The van der Waals surface area contributed by atoms with Crippen LogP contribution in [-0.4, -0.2) is 53.9 Å². The van der Waals surface area contributed by atoms with Gasteiger partial charge >= 0.3 is 6.18 Å². The minimum Gasteiger partial charge on any atom is -0.350 e. The zero-order valence-corrected chi connectivity index (χ0v) is 18.0. The first-order valence-electron chi connectivity index (χ1n) is 10.6. The number of nitrogens with zero attached hydrogens (tertiary/aromatic N) is 3. The largest absolute Gasteiger partial charge is 0.432 e. The van der Waals surface area contributed by atoms with Crippen LogP contribution in [0.25, 0.3) is 10.9 Å². The van der Waals surface area contributed by atoms with Crippen LogP contribution in [0.4, 0.5) is 13.2 Å². The van der Waals surface area contributed by atoms with E-state index in [1.807, 2.05) is 12.1 Å². The van der Waals surface area contributed by atoms with E-state index < -0.39 is 11.9 Å². The van der Waals surface area contributed by atoms with Crippen molar-refractivity contribution in [2.24, 2.45) is 4.99 Å². The van der Waals surface area contributed by atoms with Crippen molar-refractivity contribution < 1.29 is 18.0 Å². The van der Waals surface area contributed by atoms with Crippen LogP contribution < -0.4 is 5.32 Å². The molecule has 1 atom stereocenters. The summed E-state index contributed by atoms with van der Waals surface area (Å²) in [5.74, 6) is -0.252. The summed E-state index contributed by atoms with van der Waals surface area (Å²) in [5, 5.41) is 3.71. The molecule has 3 rings (SSSR count). The SMILES string of the molecule is C=C(/N=C\C(=C/C)C(CNC(=O)c1cccc2ncccc12)N1CCCCC1)C(F)(F)F. The summed E-state index contributed by atoms with van der Waals surface area (Å²) in [6, 6.07) is 8.68. The summed E-state index contributed by atoms with van der Waals surface area (Å²) >= 11 is 0. The average molecular weight is 445 g/mol. The van der Waals surface area contributed by atoms with E-state index >= 15 is 0 Å².